The molecule has 0 radical (unpaired) electrons. The van der Waals surface area contributed by atoms with Crippen LogP contribution in [0.15, 0.2) is 6.07 Å². The Bertz CT molecular complexity index is 410. The van der Waals surface area contributed by atoms with Crippen molar-refractivity contribution >= 4 is 5.97 Å². The minimum Gasteiger partial charge on any atom is -0.481 e. The number of hydrogen-bond donors (Lipinski definition) is 2. The Morgan fingerprint density at radius 3 is 2.69 bits per heavy atom. The highest BCUT2D eigenvalue weighted by Gasteiger charge is 2.20. The van der Waals surface area contributed by atoms with Gasteiger partial charge in [0.05, 0.1) is 12.7 Å². The molecule has 1 aromatic heterocycles. The van der Waals surface area contributed by atoms with Crippen molar-refractivity contribution in [2.24, 2.45) is 5.73 Å². The molecule has 88 valence electrons. The summed E-state index contributed by atoms with van der Waals surface area (Å²) in [5.41, 5.74) is 4.45. The fraction of sp³-hybridized carbons (Fsp3) is 0.333. The number of alkyl halides is 2. The van der Waals surface area contributed by atoms with Gasteiger partial charge in [-0.1, -0.05) is 0 Å². The standard InChI is InChI=1S/C9H10F2N2O3/c1-16-8-5(3-12)4(9(14)15)2-6(13-8)7(10)11/h2,7H,3,12H2,1H3,(H,14,15). The average Bonchev–Trinajstić information content (AvgIpc) is 2.26. The van der Waals surface area contributed by atoms with E-state index in [-0.39, 0.29) is 23.6 Å². The van der Waals surface area contributed by atoms with E-state index < -0.39 is 18.1 Å². The number of aromatic nitrogens is 1. The summed E-state index contributed by atoms with van der Waals surface area (Å²) in [7, 11) is 1.21. The van der Waals surface area contributed by atoms with Crippen LogP contribution in [-0.4, -0.2) is 23.2 Å². The first kappa shape index (κ1) is 12.3. The van der Waals surface area contributed by atoms with E-state index >= 15 is 0 Å². The van der Waals surface area contributed by atoms with E-state index in [0.29, 0.717) is 0 Å². The topological polar surface area (TPSA) is 85.4 Å². The SMILES string of the molecule is COc1nc(C(F)F)cc(C(=O)O)c1CN. The molecule has 1 rings (SSSR count). The highest BCUT2D eigenvalue weighted by atomic mass is 19.3. The zero-order chi connectivity index (χ0) is 12.3. The number of carboxylic acids is 1. The van der Waals surface area contributed by atoms with Crippen LogP contribution in [0.2, 0.25) is 0 Å². The summed E-state index contributed by atoms with van der Waals surface area (Å²) in [5, 5.41) is 8.84. The summed E-state index contributed by atoms with van der Waals surface area (Å²) in [4.78, 5) is 14.3. The van der Waals surface area contributed by atoms with E-state index in [1.54, 1.807) is 0 Å². The third-order valence-corrected chi connectivity index (χ3v) is 1.96. The largest absolute Gasteiger partial charge is 0.481 e. The fourth-order valence-electron chi connectivity index (χ4n) is 1.24. The number of ether oxygens (including phenoxy) is 1. The number of carbonyl (C=O) groups is 1. The predicted octanol–water partition coefficient (Wildman–Crippen LogP) is 1.18. The third kappa shape index (κ3) is 2.25. The van der Waals surface area contributed by atoms with E-state index in [1.807, 2.05) is 0 Å². The summed E-state index contributed by atoms with van der Waals surface area (Å²) in [6, 6.07) is 0.803. The molecule has 3 N–H and O–H groups in total. The molecule has 0 saturated carbocycles. The molecule has 0 bridgehead atoms. The lowest BCUT2D eigenvalue weighted by Crippen LogP contribution is -2.12. The number of aromatic carboxylic acids is 1. The van der Waals surface area contributed by atoms with E-state index in [9.17, 15) is 13.6 Å². The summed E-state index contributed by atoms with van der Waals surface area (Å²) in [6.45, 7) is -0.151. The van der Waals surface area contributed by atoms with Gasteiger partial charge in [-0.05, 0) is 6.07 Å². The van der Waals surface area contributed by atoms with Crippen LogP contribution in [-0.2, 0) is 6.54 Å². The molecule has 1 aromatic rings. The number of nitrogens with zero attached hydrogens (tertiary/aromatic N) is 1. The van der Waals surface area contributed by atoms with Crippen LogP contribution in [0.5, 0.6) is 5.88 Å². The molecule has 0 aliphatic carbocycles. The summed E-state index contributed by atoms with van der Waals surface area (Å²) >= 11 is 0. The Morgan fingerprint density at radius 1 is 1.69 bits per heavy atom. The zero-order valence-electron chi connectivity index (χ0n) is 8.41. The Hall–Kier alpha value is -1.76. The van der Waals surface area contributed by atoms with Crippen LogP contribution in [0.3, 0.4) is 0 Å². The van der Waals surface area contributed by atoms with Gasteiger partial charge < -0.3 is 15.6 Å². The summed E-state index contributed by atoms with van der Waals surface area (Å²) < 4.78 is 29.6. The molecule has 0 atom stereocenters. The second-order valence-corrected chi connectivity index (χ2v) is 2.89. The number of carboxylic acid groups (broad SMARTS) is 1. The van der Waals surface area contributed by atoms with Crippen LogP contribution >= 0.6 is 0 Å². The number of nitrogens with two attached hydrogens (primary N) is 1. The molecule has 7 heteroatoms. The van der Waals surface area contributed by atoms with Crippen molar-refractivity contribution in [3.05, 3.63) is 22.9 Å². The lowest BCUT2D eigenvalue weighted by molar-refractivity contribution is 0.0694. The molecule has 5 nitrogen and oxygen atoms in total. The number of methoxy groups -OCH3 is 1. The second-order valence-electron chi connectivity index (χ2n) is 2.89. The minimum atomic E-state index is -2.86. The maximum atomic E-state index is 12.4. The first-order chi connectivity index (χ1) is 7.51. The van der Waals surface area contributed by atoms with Gasteiger partial charge in [-0.3, -0.25) is 0 Å². The lowest BCUT2D eigenvalue weighted by atomic mass is 10.1. The van der Waals surface area contributed by atoms with E-state index in [2.05, 4.69) is 4.98 Å². The molecule has 0 amide bonds. The van der Waals surface area contributed by atoms with Crippen molar-refractivity contribution in [3.63, 3.8) is 0 Å². The van der Waals surface area contributed by atoms with Gasteiger partial charge in [-0.25, -0.2) is 18.6 Å². The van der Waals surface area contributed by atoms with Crippen molar-refractivity contribution in [3.8, 4) is 5.88 Å². The van der Waals surface area contributed by atoms with Crippen LogP contribution in [0.25, 0.3) is 0 Å². The highest BCUT2D eigenvalue weighted by molar-refractivity contribution is 5.90. The van der Waals surface area contributed by atoms with Gasteiger partial charge in [0.2, 0.25) is 5.88 Å². The lowest BCUT2D eigenvalue weighted by Gasteiger charge is -2.11. The number of hydrogen-bond acceptors (Lipinski definition) is 4. The van der Waals surface area contributed by atoms with Crippen molar-refractivity contribution in [1.82, 2.24) is 4.98 Å². The molecular weight excluding hydrogens is 222 g/mol. The van der Waals surface area contributed by atoms with Gasteiger partial charge in [-0.15, -0.1) is 0 Å². The Kier molecular flexibility index (Phi) is 3.73. The van der Waals surface area contributed by atoms with Gasteiger partial charge in [0, 0.05) is 12.1 Å². The van der Waals surface area contributed by atoms with Gasteiger partial charge in [-0.2, -0.15) is 0 Å². The highest BCUT2D eigenvalue weighted by Crippen LogP contribution is 2.26. The van der Waals surface area contributed by atoms with E-state index in [1.165, 1.54) is 7.11 Å². The zero-order valence-corrected chi connectivity index (χ0v) is 8.41. The normalized spacial score (nSPS) is 10.6. The van der Waals surface area contributed by atoms with Crippen molar-refractivity contribution in [2.75, 3.05) is 7.11 Å². The van der Waals surface area contributed by atoms with Crippen molar-refractivity contribution in [1.29, 1.82) is 0 Å². The maximum absolute atomic E-state index is 12.4. The molecule has 0 aromatic carbocycles. The third-order valence-electron chi connectivity index (χ3n) is 1.96. The number of pyridine rings is 1. The average molecular weight is 232 g/mol. The van der Waals surface area contributed by atoms with E-state index in [0.717, 1.165) is 6.07 Å². The molecule has 1 heterocycles. The number of rotatable bonds is 4. The molecular formula is C9H10F2N2O3. The second kappa shape index (κ2) is 4.84. The molecule has 0 aliphatic rings. The fourth-order valence-corrected chi connectivity index (χ4v) is 1.24. The molecule has 0 spiro atoms. The van der Waals surface area contributed by atoms with Crippen LogP contribution in [0, 0.1) is 0 Å². The summed E-state index contributed by atoms with van der Waals surface area (Å²) in [5.74, 6) is -1.53. The Balaban J connectivity index is 3.43. The van der Waals surface area contributed by atoms with Crippen molar-refractivity contribution in [2.45, 2.75) is 13.0 Å². The van der Waals surface area contributed by atoms with Crippen molar-refractivity contribution < 1.29 is 23.4 Å². The Labute approximate surface area is 89.9 Å². The monoisotopic (exact) mass is 232 g/mol. The maximum Gasteiger partial charge on any atom is 0.336 e. The van der Waals surface area contributed by atoms with Gasteiger partial charge in [0.25, 0.3) is 6.43 Å². The van der Waals surface area contributed by atoms with Crippen LogP contribution in [0.4, 0.5) is 8.78 Å². The van der Waals surface area contributed by atoms with Crippen LogP contribution in [0.1, 0.15) is 28.0 Å². The molecule has 16 heavy (non-hydrogen) atoms. The summed E-state index contributed by atoms with van der Waals surface area (Å²) in [6.07, 6.45) is -2.86. The van der Waals surface area contributed by atoms with Gasteiger partial charge in [0.15, 0.2) is 0 Å². The molecule has 0 unspecified atom stereocenters. The molecule has 0 saturated heterocycles. The quantitative estimate of drug-likeness (QED) is 0.814. The van der Waals surface area contributed by atoms with Gasteiger partial charge in [0.1, 0.15) is 5.69 Å². The number of halogens is 2. The molecule has 0 aliphatic heterocycles. The van der Waals surface area contributed by atoms with E-state index in [4.69, 9.17) is 15.6 Å². The minimum absolute atomic E-state index is 0.0967. The first-order valence-electron chi connectivity index (χ1n) is 4.30. The van der Waals surface area contributed by atoms with Crippen LogP contribution < -0.4 is 10.5 Å². The van der Waals surface area contributed by atoms with Gasteiger partial charge >= 0.3 is 5.97 Å². The predicted molar refractivity (Wildman–Crippen MR) is 50.6 cm³/mol. The molecule has 0 fully saturated rings. The smallest absolute Gasteiger partial charge is 0.336 e. The Morgan fingerprint density at radius 2 is 2.31 bits per heavy atom. The first-order valence-corrected chi connectivity index (χ1v) is 4.30.